The Morgan fingerprint density at radius 2 is 1.56 bits per heavy atom. The normalized spacial score (nSPS) is 14.1. The summed E-state index contributed by atoms with van der Waals surface area (Å²) in [5.41, 5.74) is 1.57. The van der Waals surface area contributed by atoms with Crippen molar-refractivity contribution in [2.45, 2.75) is 4.90 Å². The second kappa shape index (κ2) is 9.41. The van der Waals surface area contributed by atoms with Crippen LogP contribution in [-0.2, 0) is 9.84 Å². The maximum atomic E-state index is 11.7. The van der Waals surface area contributed by atoms with E-state index in [1.54, 1.807) is 31.4 Å². The summed E-state index contributed by atoms with van der Waals surface area (Å²) in [6.45, 7) is 3.48. The summed E-state index contributed by atoms with van der Waals surface area (Å²) >= 11 is 0. The van der Waals surface area contributed by atoms with E-state index in [-0.39, 0.29) is 4.90 Å². The zero-order chi connectivity index (χ0) is 22.6. The van der Waals surface area contributed by atoms with E-state index in [1.807, 2.05) is 30.3 Å². The number of aromatic nitrogens is 2. The van der Waals surface area contributed by atoms with Crippen LogP contribution in [0.1, 0.15) is 0 Å². The standard InChI is InChI=1S/C22H26N6O3S/c1-31-18-7-3-17(4-8-18)25-22-26-20(15-21(27-22)28-13-11-23-12-14-28)24-16-5-9-19(10-6-16)32(2,29)30/h3-10,15,23H,11-14H2,1-2H3,(H2,24,25,26,27). The van der Waals surface area contributed by atoms with Crippen molar-refractivity contribution in [2.75, 3.05) is 55.1 Å². The number of piperazine rings is 1. The van der Waals surface area contributed by atoms with Gasteiger partial charge in [0.05, 0.1) is 12.0 Å². The number of methoxy groups -OCH3 is 1. The van der Waals surface area contributed by atoms with Crippen molar-refractivity contribution in [1.82, 2.24) is 15.3 Å². The second-order valence-electron chi connectivity index (χ2n) is 7.45. The molecule has 1 aromatic heterocycles. The van der Waals surface area contributed by atoms with Crippen LogP contribution in [0, 0.1) is 0 Å². The summed E-state index contributed by atoms with van der Waals surface area (Å²) in [4.78, 5) is 11.8. The molecule has 1 fully saturated rings. The van der Waals surface area contributed by atoms with E-state index in [9.17, 15) is 8.42 Å². The molecule has 1 aliphatic rings. The first-order chi connectivity index (χ1) is 15.4. The number of hydrogen-bond donors (Lipinski definition) is 3. The van der Waals surface area contributed by atoms with Gasteiger partial charge in [-0.1, -0.05) is 0 Å². The van der Waals surface area contributed by atoms with Crippen molar-refractivity contribution in [3.05, 3.63) is 54.6 Å². The van der Waals surface area contributed by atoms with E-state index in [4.69, 9.17) is 9.72 Å². The minimum atomic E-state index is -3.24. The summed E-state index contributed by atoms with van der Waals surface area (Å²) in [6, 6.07) is 16.0. The van der Waals surface area contributed by atoms with Crippen LogP contribution in [-0.4, -0.2) is 57.9 Å². The maximum Gasteiger partial charge on any atom is 0.231 e. The molecule has 168 valence electrons. The van der Waals surface area contributed by atoms with Gasteiger partial charge in [-0.15, -0.1) is 0 Å². The van der Waals surface area contributed by atoms with Gasteiger partial charge in [0.1, 0.15) is 17.4 Å². The highest BCUT2D eigenvalue weighted by molar-refractivity contribution is 7.90. The van der Waals surface area contributed by atoms with Crippen molar-refractivity contribution >= 4 is 38.8 Å². The van der Waals surface area contributed by atoms with Gasteiger partial charge >= 0.3 is 0 Å². The third kappa shape index (κ3) is 5.45. The summed E-state index contributed by atoms with van der Waals surface area (Å²) in [5.74, 6) is 2.65. The van der Waals surface area contributed by atoms with Gasteiger partial charge in [-0.25, -0.2) is 8.42 Å². The van der Waals surface area contributed by atoms with Crippen molar-refractivity contribution in [1.29, 1.82) is 0 Å². The molecule has 0 radical (unpaired) electrons. The highest BCUT2D eigenvalue weighted by Gasteiger charge is 2.15. The Kier molecular flexibility index (Phi) is 6.42. The highest BCUT2D eigenvalue weighted by Crippen LogP contribution is 2.25. The van der Waals surface area contributed by atoms with E-state index >= 15 is 0 Å². The number of sulfone groups is 1. The molecule has 0 amide bonds. The van der Waals surface area contributed by atoms with Crippen LogP contribution in [0.3, 0.4) is 0 Å². The number of nitrogens with zero attached hydrogens (tertiary/aromatic N) is 3. The van der Waals surface area contributed by atoms with Gasteiger partial charge in [0.25, 0.3) is 0 Å². The van der Waals surface area contributed by atoms with E-state index in [0.29, 0.717) is 11.8 Å². The van der Waals surface area contributed by atoms with Gasteiger partial charge in [-0.3, -0.25) is 0 Å². The van der Waals surface area contributed by atoms with Crippen molar-refractivity contribution in [3.8, 4) is 5.75 Å². The molecule has 0 spiro atoms. The van der Waals surface area contributed by atoms with Crippen LogP contribution in [0.4, 0.5) is 29.0 Å². The van der Waals surface area contributed by atoms with Gasteiger partial charge in [0.15, 0.2) is 9.84 Å². The van der Waals surface area contributed by atoms with Crippen molar-refractivity contribution < 1.29 is 13.2 Å². The quantitative estimate of drug-likeness (QED) is 0.496. The van der Waals surface area contributed by atoms with Gasteiger partial charge in [0, 0.05) is 49.9 Å². The third-order valence-corrected chi connectivity index (χ3v) is 6.18. The molecule has 10 heteroatoms. The number of benzene rings is 2. The highest BCUT2D eigenvalue weighted by atomic mass is 32.2. The maximum absolute atomic E-state index is 11.7. The minimum absolute atomic E-state index is 0.272. The fourth-order valence-electron chi connectivity index (χ4n) is 3.35. The molecule has 1 saturated heterocycles. The molecule has 4 rings (SSSR count). The molecular weight excluding hydrogens is 428 g/mol. The average molecular weight is 455 g/mol. The molecule has 0 bridgehead atoms. The average Bonchev–Trinajstić information content (AvgIpc) is 2.80. The number of anilines is 5. The van der Waals surface area contributed by atoms with Crippen LogP contribution >= 0.6 is 0 Å². The van der Waals surface area contributed by atoms with Crippen molar-refractivity contribution in [2.24, 2.45) is 0 Å². The van der Waals surface area contributed by atoms with Crippen LogP contribution in [0.2, 0.25) is 0 Å². The van der Waals surface area contributed by atoms with E-state index in [2.05, 4.69) is 25.8 Å². The third-order valence-electron chi connectivity index (χ3n) is 5.05. The topological polar surface area (TPSA) is 108 Å². The summed E-state index contributed by atoms with van der Waals surface area (Å²) < 4.78 is 28.6. The molecule has 3 aromatic rings. The fraction of sp³-hybridized carbons (Fsp3) is 0.273. The molecular formula is C22H26N6O3S. The molecule has 0 saturated carbocycles. The number of nitrogens with one attached hydrogen (secondary N) is 3. The number of ether oxygens (including phenoxy) is 1. The van der Waals surface area contributed by atoms with Gasteiger partial charge < -0.3 is 25.6 Å². The number of rotatable bonds is 7. The molecule has 0 aliphatic carbocycles. The van der Waals surface area contributed by atoms with Crippen LogP contribution in [0.25, 0.3) is 0 Å². The lowest BCUT2D eigenvalue weighted by Crippen LogP contribution is -2.44. The lowest BCUT2D eigenvalue weighted by Gasteiger charge is -2.29. The Bertz CT molecular complexity index is 1160. The molecule has 0 atom stereocenters. The Hall–Kier alpha value is -3.37. The fourth-order valence-corrected chi connectivity index (χ4v) is 3.98. The Labute approximate surface area is 187 Å². The number of hydrogen-bond acceptors (Lipinski definition) is 9. The molecule has 2 aromatic carbocycles. The molecule has 1 aliphatic heterocycles. The second-order valence-corrected chi connectivity index (χ2v) is 9.46. The Balaban J connectivity index is 1.61. The van der Waals surface area contributed by atoms with E-state index < -0.39 is 9.84 Å². The lowest BCUT2D eigenvalue weighted by molar-refractivity contribution is 0.415. The molecule has 3 N–H and O–H groups in total. The predicted octanol–water partition coefficient (Wildman–Crippen LogP) is 2.79. The zero-order valence-electron chi connectivity index (χ0n) is 18.0. The predicted molar refractivity (Wildman–Crippen MR) is 126 cm³/mol. The SMILES string of the molecule is COc1ccc(Nc2nc(Nc3ccc(S(C)(=O)=O)cc3)cc(N3CCNCC3)n2)cc1. The summed E-state index contributed by atoms with van der Waals surface area (Å²) in [5, 5.41) is 9.85. The zero-order valence-corrected chi connectivity index (χ0v) is 18.8. The summed E-state index contributed by atoms with van der Waals surface area (Å²) in [6.07, 6.45) is 1.19. The Morgan fingerprint density at radius 1 is 0.938 bits per heavy atom. The monoisotopic (exact) mass is 454 g/mol. The molecule has 0 unspecified atom stereocenters. The van der Waals surface area contributed by atoms with Gasteiger partial charge in [0.2, 0.25) is 5.95 Å². The lowest BCUT2D eigenvalue weighted by atomic mass is 10.3. The van der Waals surface area contributed by atoms with E-state index in [1.165, 1.54) is 6.26 Å². The van der Waals surface area contributed by atoms with Crippen molar-refractivity contribution in [3.63, 3.8) is 0 Å². The van der Waals surface area contributed by atoms with Crippen LogP contribution in [0.5, 0.6) is 5.75 Å². The smallest absolute Gasteiger partial charge is 0.231 e. The van der Waals surface area contributed by atoms with Crippen LogP contribution < -0.4 is 25.6 Å². The van der Waals surface area contributed by atoms with Gasteiger partial charge in [-0.2, -0.15) is 9.97 Å². The molecule has 32 heavy (non-hydrogen) atoms. The molecule has 2 heterocycles. The first-order valence-corrected chi connectivity index (χ1v) is 12.1. The largest absolute Gasteiger partial charge is 0.497 e. The van der Waals surface area contributed by atoms with Crippen LogP contribution in [0.15, 0.2) is 59.5 Å². The van der Waals surface area contributed by atoms with E-state index in [0.717, 1.165) is 49.1 Å². The minimum Gasteiger partial charge on any atom is -0.497 e. The first-order valence-electron chi connectivity index (χ1n) is 10.2. The Morgan fingerprint density at radius 3 is 2.19 bits per heavy atom. The first kappa shape index (κ1) is 21.8. The van der Waals surface area contributed by atoms with Gasteiger partial charge in [-0.05, 0) is 48.5 Å². The summed E-state index contributed by atoms with van der Waals surface area (Å²) in [7, 11) is -1.62. The molecule has 9 nitrogen and oxygen atoms in total.